The normalized spacial score (nSPS) is 12.2. The molecule has 0 heterocycles. The Balaban J connectivity index is 2.26. The van der Waals surface area contributed by atoms with Crippen molar-refractivity contribution in [1.82, 2.24) is 0 Å². The van der Waals surface area contributed by atoms with Gasteiger partial charge in [-0.1, -0.05) is 39.7 Å². The Hall–Kier alpha value is -1.03. The van der Waals surface area contributed by atoms with Gasteiger partial charge in [0.05, 0.1) is 13.2 Å². The first-order valence-electron chi connectivity index (χ1n) is 6.28. The second-order valence-electron chi connectivity index (χ2n) is 4.69. The molecule has 20 heavy (non-hydrogen) atoms. The molecule has 4 heteroatoms. The van der Waals surface area contributed by atoms with Gasteiger partial charge in [0.1, 0.15) is 5.75 Å². The molecular weight excluding hydrogens is 340 g/mol. The van der Waals surface area contributed by atoms with Gasteiger partial charge in [-0.25, -0.2) is 0 Å². The summed E-state index contributed by atoms with van der Waals surface area (Å²) in [5.41, 5.74) is 2.88. The van der Waals surface area contributed by atoms with E-state index in [4.69, 9.17) is 16.3 Å². The molecule has 2 nitrogen and oxygen atoms in total. The second kappa shape index (κ2) is 6.61. The van der Waals surface area contributed by atoms with Gasteiger partial charge in [-0.3, -0.25) is 0 Å². The molecule has 0 aliphatic rings. The molecule has 1 unspecified atom stereocenters. The van der Waals surface area contributed by atoms with Gasteiger partial charge >= 0.3 is 0 Å². The SMILES string of the molecule is COc1cc(C)c(Br)cc1C(O)Cc1ccc(Cl)cc1. The lowest BCUT2D eigenvalue weighted by Gasteiger charge is -2.16. The first-order valence-corrected chi connectivity index (χ1v) is 7.45. The minimum absolute atomic E-state index is 0.517. The maximum absolute atomic E-state index is 10.4. The summed E-state index contributed by atoms with van der Waals surface area (Å²) < 4.78 is 6.32. The number of ether oxygens (including phenoxy) is 1. The number of aliphatic hydroxyl groups excluding tert-OH is 1. The molecule has 0 aliphatic carbocycles. The van der Waals surface area contributed by atoms with Crippen LogP contribution in [0.1, 0.15) is 22.8 Å². The maximum Gasteiger partial charge on any atom is 0.125 e. The third kappa shape index (κ3) is 3.54. The van der Waals surface area contributed by atoms with Crippen LogP contribution in [0.4, 0.5) is 0 Å². The van der Waals surface area contributed by atoms with Crippen molar-refractivity contribution in [3.8, 4) is 5.75 Å². The lowest BCUT2D eigenvalue weighted by molar-refractivity contribution is 0.174. The van der Waals surface area contributed by atoms with E-state index in [0.29, 0.717) is 17.2 Å². The van der Waals surface area contributed by atoms with Crippen LogP contribution in [-0.4, -0.2) is 12.2 Å². The van der Waals surface area contributed by atoms with Gasteiger partial charge in [0.25, 0.3) is 0 Å². The first-order chi connectivity index (χ1) is 9.51. The van der Waals surface area contributed by atoms with Gasteiger partial charge < -0.3 is 9.84 Å². The first kappa shape index (κ1) is 15.4. The number of aryl methyl sites for hydroxylation is 1. The number of hydrogen-bond donors (Lipinski definition) is 1. The zero-order valence-electron chi connectivity index (χ0n) is 11.4. The number of methoxy groups -OCH3 is 1. The van der Waals surface area contributed by atoms with Gasteiger partial charge in [0.2, 0.25) is 0 Å². The fraction of sp³-hybridized carbons (Fsp3) is 0.250. The summed E-state index contributed by atoms with van der Waals surface area (Å²) in [5, 5.41) is 11.1. The fourth-order valence-electron chi connectivity index (χ4n) is 2.06. The van der Waals surface area contributed by atoms with Gasteiger partial charge in [0.15, 0.2) is 0 Å². The topological polar surface area (TPSA) is 29.5 Å². The molecule has 1 atom stereocenters. The molecule has 0 amide bonds. The van der Waals surface area contributed by atoms with Crippen molar-refractivity contribution in [1.29, 1.82) is 0 Å². The van der Waals surface area contributed by atoms with Crippen LogP contribution in [0.5, 0.6) is 5.75 Å². The zero-order chi connectivity index (χ0) is 14.7. The summed E-state index contributed by atoms with van der Waals surface area (Å²) in [7, 11) is 1.61. The highest BCUT2D eigenvalue weighted by Gasteiger charge is 2.15. The monoisotopic (exact) mass is 354 g/mol. The Morgan fingerprint density at radius 3 is 2.50 bits per heavy atom. The summed E-state index contributed by atoms with van der Waals surface area (Å²) in [6, 6.07) is 11.3. The number of benzene rings is 2. The Kier molecular flexibility index (Phi) is 5.08. The lowest BCUT2D eigenvalue weighted by atomic mass is 9.99. The van der Waals surface area contributed by atoms with E-state index in [9.17, 15) is 5.11 Å². The lowest BCUT2D eigenvalue weighted by Crippen LogP contribution is -2.05. The van der Waals surface area contributed by atoms with Crippen LogP contribution in [-0.2, 0) is 6.42 Å². The van der Waals surface area contributed by atoms with E-state index in [2.05, 4.69) is 15.9 Å². The van der Waals surface area contributed by atoms with Crippen molar-refractivity contribution in [2.45, 2.75) is 19.4 Å². The zero-order valence-corrected chi connectivity index (χ0v) is 13.7. The van der Waals surface area contributed by atoms with Crippen molar-refractivity contribution in [2.24, 2.45) is 0 Å². The number of aliphatic hydroxyl groups is 1. The molecule has 0 bridgehead atoms. The van der Waals surface area contributed by atoms with E-state index < -0.39 is 6.10 Å². The molecule has 0 saturated heterocycles. The second-order valence-corrected chi connectivity index (χ2v) is 5.98. The molecule has 1 N–H and O–H groups in total. The molecule has 2 aromatic carbocycles. The van der Waals surface area contributed by atoms with Crippen LogP contribution in [0.3, 0.4) is 0 Å². The Labute approximate surface area is 132 Å². The van der Waals surface area contributed by atoms with Crippen molar-refractivity contribution in [3.05, 3.63) is 62.6 Å². The van der Waals surface area contributed by atoms with Crippen molar-refractivity contribution >= 4 is 27.5 Å². The van der Waals surface area contributed by atoms with E-state index in [0.717, 1.165) is 21.2 Å². The van der Waals surface area contributed by atoms with Gasteiger partial charge in [-0.05, 0) is 42.3 Å². The minimum atomic E-state index is -0.622. The van der Waals surface area contributed by atoms with E-state index in [1.165, 1.54) is 0 Å². The third-order valence-electron chi connectivity index (χ3n) is 3.21. The van der Waals surface area contributed by atoms with Crippen molar-refractivity contribution in [3.63, 3.8) is 0 Å². The third-order valence-corrected chi connectivity index (χ3v) is 4.32. The van der Waals surface area contributed by atoms with Crippen LogP contribution in [0.25, 0.3) is 0 Å². The largest absolute Gasteiger partial charge is 0.496 e. The molecule has 106 valence electrons. The van der Waals surface area contributed by atoms with Crippen LogP contribution in [0.2, 0.25) is 5.02 Å². The van der Waals surface area contributed by atoms with E-state index >= 15 is 0 Å². The molecule has 0 aromatic heterocycles. The maximum atomic E-state index is 10.4. The summed E-state index contributed by atoms with van der Waals surface area (Å²) in [6.45, 7) is 1.99. The summed E-state index contributed by atoms with van der Waals surface area (Å²) in [6.07, 6.45) is -0.105. The molecule has 0 radical (unpaired) electrons. The Bertz CT molecular complexity index is 596. The molecule has 0 spiro atoms. The molecular formula is C16H16BrClO2. The predicted octanol–water partition coefficient (Wildman–Crippen LogP) is 4.70. The number of halogens is 2. The van der Waals surface area contributed by atoms with Crippen LogP contribution >= 0.6 is 27.5 Å². The molecule has 2 aromatic rings. The molecule has 0 fully saturated rings. The summed E-state index contributed by atoms with van der Waals surface area (Å²) >= 11 is 9.35. The van der Waals surface area contributed by atoms with Gasteiger partial charge in [0, 0.05) is 21.5 Å². The summed E-state index contributed by atoms with van der Waals surface area (Å²) in [5.74, 6) is 0.701. The van der Waals surface area contributed by atoms with E-state index in [1.54, 1.807) is 7.11 Å². The molecule has 0 saturated carbocycles. The average Bonchev–Trinajstić information content (AvgIpc) is 2.43. The Morgan fingerprint density at radius 1 is 1.25 bits per heavy atom. The minimum Gasteiger partial charge on any atom is -0.496 e. The quantitative estimate of drug-likeness (QED) is 0.861. The van der Waals surface area contributed by atoms with Crippen molar-refractivity contribution < 1.29 is 9.84 Å². The summed E-state index contributed by atoms with van der Waals surface area (Å²) in [4.78, 5) is 0. The number of hydrogen-bond acceptors (Lipinski definition) is 2. The highest BCUT2D eigenvalue weighted by molar-refractivity contribution is 9.10. The molecule has 0 aliphatic heterocycles. The van der Waals surface area contributed by atoms with Crippen LogP contribution in [0.15, 0.2) is 40.9 Å². The smallest absolute Gasteiger partial charge is 0.125 e. The standard InChI is InChI=1S/C16H16BrClO2/c1-10-7-16(20-2)13(9-14(10)17)15(19)8-11-3-5-12(18)6-4-11/h3-7,9,15,19H,8H2,1-2H3. The highest BCUT2D eigenvalue weighted by atomic mass is 79.9. The van der Waals surface area contributed by atoms with E-state index in [1.807, 2.05) is 43.3 Å². The number of rotatable bonds is 4. The van der Waals surface area contributed by atoms with Crippen LogP contribution in [0, 0.1) is 6.92 Å². The van der Waals surface area contributed by atoms with Gasteiger partial charge in [-0.2, -0.15) is 0 Å². The predicted molar refractivity (Wildman–Crippen MR) is 85.5 cm³/mol. The highest BCUT2D eigenvalue weighted by Crippen LogP contribution is 2.32. The van der Waals surface area contributed by atoms with Crippen molar-refractivity contribution in [2.75, 3.05) is 7.11 Å². The van der Waals surface area contributed by atoms with Crippen LogP contribution < -0.4 is 4.74 Å². The van der Waals surface area contributed by atoms with E-state index in [-0.39, 0.29) is 0 Å². The Morgan fingerprint density at radius 2 is 1.90 bits per heavy atom. The fourth-order valence-corrected chi connectivity index (χ4v) is 2.55. The molecule has 2 rings (SSSR count). The average molecular weight is 356 g/mol. The van der Waals surface area contributed by atoms with Gasteiger partial charge in [-0.15, -0.1) is 0 Å².